The average Bonchev–Trinajstić information content (AvgIpc) is 3.27. The zero-order valence-corrected chi connectivity index (χ0v) is 18.2. The van der Waals surface area contributed by atoms with Gasteiger partial charge in [0.25, 0.3) is 5.91 Å². The molecule has 1 saturated heterocycles. The second-order valence-electron chi connectivity index (χ2n) is 7.85. The van der Waals surface area contributed by atoms with E-state index in [4.69, 9.17) is 9.47 Å². The third-order valence-corrected chi connectivity index (χ3v) is 7.55. The van der Waals surface area contributed by atoms with E-state index in [2.05, 4.69) is 5.32 Å². The number of amides is 1. The van der Waals surface area contributed by atoms with E-state index in [0.29, 0.717) is 44.3 Å². The molecule has 1 aliphatic carbocycles. The largest absolute Gasteiger partial charge is 0.453 e. The van der Waals surface area contributed by atoms with Gasteiger partial charge in [0.15, 0.2) is 6.10 Å². The fraction of sp³-hybridized carbons (Fsp3) is 0.619. The lowest BCUT2D eigenvalue weighted by Gasteiger charge is -2.26. The number of ether oxygens (including phenoxy) is 2. The molecule has 9 heteroatoms. The molecule has 0 aromatic heterocycles. The minimum atomic E-state index is -3.58. The van der Waals surface area contributed by atoms with Gasteiger partial charge >= 0.3 is 5.97 Å². The normalized spacial score (nSPS) is 19.4. The lowest BCUT2D eigenvalue weighted by Crippen LogP contribution is -2.40. The zero-order chi connectivity index (χ0) is 21.6. The van der Waals surface area contributed by atoms with Crippen molar-refractivity contribution >= 4 is 27.6 Å². The second-order valence-corrected chi connectivity index (χ2v) is 9.79. The monoisotopic (exact) mass is 438 g/mol. The third kappa shape index (κ3) is 6.02. The highest BCUT2D eigenvalue weighted by Gasteiger charge is 2.26. The summed E-state index contributed by atoms with van der Waals surface area (Å²) in [4.78, 5) is 24.5. The van der Waals surface area contributed by atoms with Crippen molar-refractivity contribution < 1.29 is 27.5 Å². The highest BCUT2D eigenvalue weighted by molar-refractivity contribution is 7.89. The van der Waals surface area contributed by atoms with Gasteiger partial charge in [-0.25, -0.2) is 8.42 Å². The molecule has 0 radical (unpaired) electrons. The molecule has 1 aromatic rings. The molecule has 1 saturated carbocycles. The molecule has 2 fully saturated rings. The summed E-state index contributed by atoms with van der Waals surface area (Å²) in [6.07, 6.45) is 5.01. The van der Waals surface area contributed by atoms with Crippen LogP contribution in [0.15, 0.2) is 29.2 Å². The summed E-state index contributed by atoms with van der Waals surface area (Å²) < 4.78 is 37.1. The number of anilines is 1. The van der Waals surface area contributed by atoms with Crippen molar-refractivity contribution in [2.24, 2.45) is 5.92 Å². The predicted octanol–water partition coefficient (Wildman–Crippen LogP) is 2.55. The fourth-order valence-corrected chi connectivity index (χ4v) is 5.23. The zero-order valence-electron chi connectivity index (χ0n) is 17.3. The Morgan fingerprint density at radius 3 is 2.43 bits per heavy atom. The van der Waals surface area contributed by atoms with Gasteiger partial charge in [-0.3, -0.25) is 9.59 Å². The number of hydrogen-bond donors (Lipinski definition) is 1. The van der Waals surface area contributed by atoms with Gasteiger partial charge in [-0.15, -0.1) is 0 Å². The standard InChI is InChI=1S/C21H30N2O6S/c1-16(29-20(24)11-6-17-4-2-3-5-17)21(25)22-18-7-9-19(10-8-18)30(26,27)23-12-14-28-15-13-23/h7-10,16-17H,2-6,11-15H2,1H3,(H,22,25). The SMILES string of the molecule is CC(OC(=O)CCC1CCCC1)C(=O)Nc1ccc(S(=O)(=O)N2CCOCC2)cc1. The maximum atomic E-state index is 12.6. The van der Waals surface area contributed by atoms with Gasteiger partial charge in [0.1, 0.15) is 0 Å². The summed E-state index contributed by atoms with van der Waals surface area (Å²) in [6.45, 7) is 2.93. The van der Waals surface area contributed by atoms with E-state index in [1.54, 1.807) is 0 Å². The Morgan fingerprint density at radius 2 is 1.80 bits per heavy atom. The molecular weight excluding hydrogens is 408 g/mol. The van der Waals surface area contributed by atoms with Crippen molar-refractivity contribution in [3.8, 4) is 0 Å². The molecule has 1 heterocycles. The first-order chi connectivity index (χ1) is 14.4. The molecule has 2 aliphatic rings. The van der Waals surface area contributed by atoms with Gasteiger partial charge < -0.3 is 14.8 Å². The van der Waals surface area contributed by atoms with Gasteiger partial charge in [-0.2, -0.15) is 4.31 Å². The van der Waals surface area contributed by atoms with Crippen LogP contribution in [0.1, 0.15) is 45.4 Å². The van der Waals surface area contributed by atoms with Crippen LogP contribution in [0.2, 0.25) is 0 Å². The van der Waals surface area contributed by atoms with Crippen LogP contribution in [0.5, 0.6) is 0 Å². The minimum absolute atomic E-state index is 0.161. The first-order valence-electron chi connectivity index (χ1n) is 10.5. The van der Waals surface area contributed by atoms with Gasteiger partial charge in [-0.05, 0) is 43.5 Å². The van der Waals surface area contributed by atoms with Crippen LogP contribution in [-0.4, -0.2) is 57.0 Å². The molecule has 1 unspecified atom stereocenters. The van der Waals surface area contributed by atoms with Crippen LogP contribution in [-0.2, 0) is 29.1 Å². The molecule has 166 valence electrons. The maximum absolute atomic E-state index is 12.6. The molecule has 1 amide bonds. The fourth-order valence-electron chi connectivity index (χ4n) is 3.82. The van der Waals surface area contributed by atoms with Crippen LogP contribution < -0.4 is 5.32 Å². The lowest BCUT2D eigenvalue weighted by atomic mass is 10.0. The number of esters is 1. The van der Waals surface area contributed by atoms with E-state index >= 15 is 0 Å². The van der Waals surface area contributed by atoms with Crippen molar-refractivity contribution in [2.75, 3.05) is 31.6 Å². The minimum Gasteiger partial charge on any atom is -0.453 e. The van der Waals surface area contributed by atoms with Gasteiger partial charge in [0.2, 0.25) is 10.0 Å². The summed E-state index contributed by atoms with van der Waals surface area (Å²) in [7, 11) is -3.58. The van der Waals surface area contributed by atoms with E-state index < -0.39 is 22.0 Å². The molecule has 1 N–H and O–H groups in total. The van der Waals surface area contributed by atoms with Crippen molar-refractivity contribution in [3.05, 3.63) is 24.3 Å². The van der Waals surface area contributed by atoms with Crippen LogP contribution in [0.25, 0.3) is 0 Å². The Morgan fingerprint density at radius 1 is 1.17 bits per heavy atom. The van der Waals surface area contributed by atoms with Crippen molar-refractivity contribution in [3.63, 3.8) is 0 Å². The number of rotatable bonds is 8. The molecule has 0 bridgehead atoms. The predicted molar refractivity (Wildman–Crippen MR) is 111 cm³/mol. The van der Waals surface area contributed by atoms with Crippen LogP contribution >= 0.6 is 0 Å². The third-order valence-electron chi connectivity index (χ3n) is 5.64. The average molecular weight is 439 g/mol. The first kappa shape index (κ1) is 22.7. The molecule has 3 rings (SSSR count). The van der Waals surface area contributed by atoms with Gasteiger partial charge in [0, 0.05) is 25.2 Å². The Kier molecular flexibility index (Phi) is 7.85. The number of carbonyl (C=O) groups is 2. The number of nitrogens with one attached hydrogen (secondary N) is 1. The van der Waals surface area contributed by atoms with E-state index in [9.17, 15) is 18.0 Å². The highest BCUT2D eigenvalue weighted by Crippen LogP contribution is 2.28. The Hall–Kier alpha value is -1.97. The van der Waals surface area contributed by atoms with E-state index in [-0.39, 0.29) is 10.9 Å². The molecular formula is C21H30N2O6S. The molecule has 1 atom stereocenters. The number of carbonyl (C=O) groups excluding carboxylic acids is 2. The molecule has 30 heavy (non-hydrogen) atoms. The molecule has 8 nitrogen and oxygen atoms in total. The number of sulfonamides is 1. The smallest absolute Gasteiger partial charge is 0.306 e. The Balaban J connectivity index is 1.49. The maximum Gasteiger partial charge on any atom is 0.306 e. The van der Waals surface area contributed by atoms with Crippen molar-refractivity contribution in [2.45, 2.75) is 56.4 Å². The summed E-state index contributed by atoms with van der Waals surface area (Å²) in [5.41, 5.74) is 0.440. The molecule has 1 aliphatic heterocycles. The van der Waals surface area contributed by atoms with Crippen LogP contribution in [0, 0.1) is 5.92 Å². The van der Waals surface area contributed by atoms with E-state index in [0.717, 1.165) is 6.42 Å². The van der Waals surface area contributed by atoms with Gasteiger partial charge in [0.05, 0.1) is 18.1 Å². The first-order valence-corrected chi connectivity index (χ1v) is 12.0. The van der Waals surface area contributed by atoms with Crippen LogP contribution in [0.3, 0.4) is 0 Å². The number of nitrogens with zero attached hydrogens (tertiary/aromatic N) is 1. The lowest BCUT2D eigenvalue weighted by molar-refractivity contribution is -0.153. The van der Waals surface area contributed by atoms with Gasteiger partial charge in [-0.1, -0.05) is 25.7 Å². The molecule has 1 aromatic carbocycles. The van der Waals surface area contributed by atoms with E-state index in [1.165, 1.54) is 61.2 Å². The van der Waals surface area contributed by atoms with Crippen molar-refractivity contribution in [1.29, 1.82) is 0 Å². The summed E-state index contributed by atoms with van der Waals surface area (Å²) in [5.74, 6) is -0.224. The number of hydrogen-bond acceptors (Lipinski definition) is 6. The van der Waals surface area contributed by atoms with Crippen LogP contribution in [0.4, 0.5) is 5.69 Å². The van der Waals surface area contributed by atoms with Crippen molar-refractivity contribution in [1.82, 2.24) is 4.31 Å². The number of morpholine rings is 1. The Labute approximate surface area is 178 Å². The summed E-state index contributed by atoms with van der Waals surface area (Å²) >= 11 is 0. The summed E-state index contributed by atoms with van der Waals surface area (Å²) in [5, 5.41) is 2.66. The topological polar surface area (TPSA) is 102 Å². The molecule has 0 spiro atoms. The second kappa shape index (κ2) is 10.4. The number of benzene rings is 1. The highest BCUT2D eigenvalue weighted by atomic mass is 32.2. The van der Waals surface area contributed by atoms with E-state index in [1.807, 2.05) is 0 Å². The Bertz CT molecular complexity index is 828. The summed E-state index contributed by atoms with van der Waals surface area (Å²) in [6, 6.07) is 5.97. The quantitative estimate of drug-likeness (QED) is 0.626.